The summed E-state index contributed by atoms with van der Waals surface area (Å²) >= 11 is 1.19. The molecule has 0 unspecified atom stereocenters. The predicted octanol–water partition coefficient (Wildman–Crippen LogP) is 2.62. The molecule has 0 bridgehead atoms. The fourth-order valence-corrected chi connectivity index (χ4v) is 2.04. The molecule has 0 aliphatic carbocycles. The number of hydrogen-bond acceptors (Lipinski definition) is 5. The van der Waals surface area contributed by atoms with Gasteiger partial charge in [0.25, 0.3) is 0 Å². The summed E-state index contributed by atoms with van der Waals surface area (Å²) in [6, 6.07) is 4.17. The molecule has 17 heavy (non-hydrogen) atoms. The molecule has 4 nitrogen and oxygen atoms in total. The summed E-state index contributed by atoms with van der Waals surface area (Å²) < 4.78 is 9.53. The topological polar surface area (TPSA) is 61.0 Å². The number of hydrogen-bond donors (Lipinski definition) is 1. The van der Waals surface area contributed by atoms with Crippen LogP contribution in [0.5, 0.6) is 5.75 Å². The van der Waals surface area contributed by atoms with Gasteiger partial charge in [-0.3, -0.25) is 0 Å². The van der Waals surface area contributed by atoms with Crippen molar-refractivity contribution in [3.05, 3.63) is 34.5 Å². The molecule has 2 rings (SSSR count). The Kier molecular flexibility index (Phi) is 3.28. The van der Waals surface area contributed by atoms with Crippen LogP contribution in [0.4, 0.5) is 5.00 Å². The highest BCUT2D eigenvalue weighted by Gasteiger charge is 2.08. The van der Waals surface area contributed by atoms with Gasteiger partial charge in [0.2, 0.25) is 0 Å². The van der Waals surface area contributed by atoms with Crippen molar-refractivity contribution >= 4 is 16.5 Å². The number of rotatable bonds is 3. The minimum Gasteiger partial charge on any atom is -0.487 e. The first kappa shape index (κ1) is 11.9. The van der Waals surface area contributed by atoms with Gasteiger partial charge in [0.05, 0.1) is 0 Å². The first-order chi connectivity index (χ1) is 8.08. The van der Waals surface area contributed by atoms with Gasteiger partial charge in [-0.05, 0) is 43.5 Å². The first-order valence-electron chi connectivity index (χ1n) is 5.35. The Labute approximate surface area is 105 Å². The number of nitrogens with two attached hydrogens (primary N) is 1. The molecule has 90 valence electrons. The largest absolute Gasteiger partial charge is 0.487 e. The third-order valence-electron chi connectivity index (χ3n) is 2.71. The SMILES string of the molecule is Cc1cc(C)c(C)c(OCc2nnsc2N)c1. The number of nitrogens with zero attached hydrogens (tertiary/aromatic N) is 2. The van der Waals surface area contributed by atoms with E-state index in [4.69, 9.17) is 10.5 Å². The molecule has 1 aromatic carbocycles. The van der Waals surface area contributed by atoms with Crippen LogP contribution in [-0.2, 0) is 6.61 Å². The summed E-state index contributed by atoms with van der Waals surface area (Å²) in [5.41, 5.74) is 9.98. The average Bonchev–Trinajstić information content (AvgIpc) is 2.67. The van der Waals surface area contributed by atoms with Crippen molar-refractivity contribution in [2.24, 2.45) is 0 Å². The summed E-state index contributed by atoms with van der Waals surface area (Å²) in [5, 5.41) is 4.54. The second-order valence-electron chi connectivity index (χ2n) is 4.08. The average molecular weight is 249 g/mol. The van der Waals surface area contributed by atoms with Crippen molar-refractivity contribution in [1.82, 2.24) is 9.59 Å². The lowest BCUT2D eigenvalue weighted by Crippen LogP contribution is -2.01. The molecular formula is C12H15N3OS. The molecule has 0 saturated carbocycles. The Morgan fingerprint density at radius 2 is 2.06 bits per heavy atom. The van der Waals surface area contributed by atoms with Crippen molar-refractivity contribution in [2.45, 2.75) is 27.4 Å². The second kappa shape index (κ2) is 4.71. The van der Waals surface area contributed by atoms with Crippen LogP contribution in [0.25, 0.3) is 0 Å². The van der Waals surface area contributed by atoms with E-state index in [0.717, 1.165) is 11.3 Å². The Balaban J connectivity index is 2.17. The fraction of sp³-hybridized carbons (Fsp3) is 0.333. The molecule has 0 atom stereocenters. The molecule has 1 aromatic heterocycles. The highest BCUT2D eigenvalue weighted by atomic mass is 32.1. The van der Waals surface area contributed by atoms with Crippen LogP contribution in [0, 0.1) is 20.8 Å². The molecular weight excluding hydrogens is 234 g/mol. The Morgan fingerprint density at radius 1 is 1.29 bits per heavy atom. The molecule has 5 heteroatoms. The quantitative estimate of drug-likeness (QED) is 0.908. The summed E-state index contributed by atoms with van der Waals surface area (Å²) in [6.45, 7) is 6.55. The van der Waals surface area contributed by atoms with Crippen LogP contribution in [0.1, 0.15) is 22.4 Å². The minimum atomic E-state index is 0.367. The van der Waals surface area contributed by atoms with Gasteiger partial charge in [-0.15, -0.1) is 5.10 Å². The summed E-state index contributed by atoms with van der Waals surface area (Å²) in [7, 11) is 0. The van der Waals surface area contributed by atoms with Crippen LogP contribution < -0.4 is 10.5 Å². The molecule has 1 heterocycles. The van der Waals surface area contributed by atoms with Gasteiger partial charge in [-0.2, -0.15) is 0 Å². The number of aryl methyl sites for hydroxylation is 2. The van der Waals surface area contributed by atoms with E-state index in [9.17, 15) is 0 Å². The van der Waals surface area contributed by atoms with E-state index in [1.807, 2.05) is 13.0 Å². The minimum absolute atomic E-state index is 0.367. The third kappa shape index (κ3) is 2.55. The van der Waals surface area contributed by atoms with E-state index in [-0.39, 0.29) is 0 Å². The van der Waals surface area contributed by atoms with Crippen molar-refractivity contribution in [2.75, 3.05) is 5.73 Å². The van der Waals surface area contributed by atoms with Crippen LogP contribution in [0.3, 0.4) is 0 Å². The standard InChI is InChI=1S/C12H15N3OS/c1-7-4-8(2)9(3)11(5-7)16-6-10-12(13)17-15-14-10/h4-5H,6,13H2,1-3H3. The Hall–Kier alpha value is -1.62. The maximum absolute atomic E-state index is 5.75. The van der Waals surface area contributed by atoms with E-state index in [0.29, 0.717) is 17.3 Å². The van der Waals surface area contributed by atoms with Crippen molar-refractivity contribution in [3.63, 3.8) is 0 Å². The number of benzene rings is 1. The number of anilines is 1. The van der Waals surface area contributed by atoms with Crippen molar-refractivity contribution < 1.29 is 4.74 Å². The molecule has 0 fully saturated rings. The van der Waals surface area contributed by atoms with Crippen LogP contribution in [0.15, 0.2) is 12.1 Å². The van der Waals surface area contributed by atoms with Gasteiger partial charge in [0.1, 0.15) is 23.1 Å². The van der Waals surface area contributed by atoms with Gasteiger partial charge < -0.3 is 10.5 Å². The van der Waals surface area contributed by atoms with Crippen molar-refractivity contribution in [3.8, 4) is 5.75 Å². The van der Waals surface area contributed by atoms with Crippen molar-refractivity contribution in [1.29, 1.82) is 0 Å². The molecule has 0 radical (unpaired) electrons. The predicted molar refractivity (Wildman–Crippen MR) is 69.3 cm³/mol. The highest BCUT2D eigenvalue weighted by molar-refractivity contribution is 7.09. The maximum Gasteiger partial charge on any atom is 0.136 e. The molecule has 0 aliphatic heterocycles. The summed E-state index contributed by atoms with van der Waals surface area (Å²) in [5.74, 6) is 0.884. The zero-order valence-electron chi connectivity index (χ0n) is 10.2. The monoisotopic (exact) mass is 249 g/mol. The maximum atomic E-state index is 5.75. The lowest BCUT2D eigenvalue weighted by Gasteiger charge is -2.11. The smallest absolute Gasteiger partial charge is 0.136 e. The van der Waals surface area contributed by atoms with E-state index < -0.39 is 0 Å². The molecule has 2 N–H and O–H groups in total. The van der Waals surface area contributed by atoms with Crippen LogP contribution >= 0.6 is 11.5 Å². The van der Waals surface area contributed by atoms with E-state index in [1.54, 1.807) is 0 Å². The first-order valence-corrected chi connectivity index (χ1v) is 6.12. The highest BCUT2D eigenvalue weighted by Crippen LogP contribution is 2.24. The van der Waals surface area contributed by atoms with Gasteiger partial charge in [0, 0.05) is 11.5 Å². The molecule has 0 spiro atoms. The number of aromatic nitrogens is 2. The normalized spacial score (nSPS) is 10.5. The zero-order chi connectivity index (χ0) is 12.4. The van der Waals surface area contributed by atoms with Crippen LogP contribution in [0.2, 0.25) is 0 Å². The lowest BCUT2D eigenvalue weighted by atomic mass is 10.1. The molecule has 0 amide bonds. The Bertz CT molecular complexity index is 537. The molecule has 0 aliphatic rings. The van der Waals surface area contributed by atoms with Gasteiger partial charge in [-0.25, -0.2) is 0 Å². The lowest BCUT2D eigenvalue weighted by molar-refractivity contribution is 0.299. The van der Waals surface area contributed by atoms with E-state index in [1.165, 1.54) is 22.7 Å². The molecule has 2 aromatic rings. The second-order valence-corrected chi connectivity index (χ2v) is 4.86. The zero-order valence-corrected chi connectivity index (χ0v) is 11.0. The van der Waals surface area contributed by atoms with E-state index in [2.05, 4.69) is 29.5 Å². The van der Waals surface area contributed by atoms with E-state index >= 15 is 0 Å². The van der Waals surface area contributed by atoms with Gasteiger partial charge in [0.15, 0.2) is 0 Å². The Morgan fingerprint density at radius 3 is 2.71 bits per heavy atom. The number of nitrogen functional groups attached to an aromatic ring is 1. The fourth-order valence-electron chi connectivity index (χ4n) is 1.61. The third-order valence-corrected chi connectivity index (χ3v) is 3.31. The molecule has 0 saturated heterocycles. The van der Waals surface area contributed by atoms with Crippen LogP contribution in [-0.4, -0.2) is 9.59 Å². The van der Waals surface area contributed by atoms with Gasteiger partial charge in [-0.1, -0.05) is 10.6 Å². The number of ether oxygens (including phenoxy) is 1. The summed E-state index contributed by atoms with van der Waals surface area (Å²) in [6.07, 6.45) is 0. The summed E-state index contributed by atoms with van der Waals surface area (Å²) in [4.78, 5) is 0. The van der Waals surface area contributed by atoms with Gasteiger partial charge >= 0.3 is 0 Å².